The van der Waals surface area contributed by atoms with Crippen LogP contribution in [0.15, 0.2) is 64.4 Å². The average Bonchev–Trinajstić information content (AvgIpc) is 2.84. The van der Waals surface area contributed by atoms with E-state index in [0.29, 0.717) is 30.5 Å². The Hall–Kier alpha value is -4.21. The van der Waals surface area contributed by atoms with Crippen LogP contribution in [0.4, 0.5) is 11.8 Å². The Balaban J connectivity index is 1.46. The van der Waals surface area contributed by atoms with Crippen molar-refractivity contribution >= 4 is 22.8 Å². The molecule has 1 aliphatic rings. The first kappa shape index (κ1) is 19.7. The highest BCUT2D eigenvalue weighted by molar-refractivity contribution is 5.74. The van der Waals surface area contributed by atoms with Gasteiger partial charge in [-0.2, -0.15) is 4.98 Å². The van der Waals surface area contributed by atoms with E-state index in [1.54, 1.807) is 30.5 Å². The number of aromatic amines is 1. The van der Waals surface area contributed by atoms with E-state index in [-0.39, 0.29) is 11.0 Å². The molecule has 1 aromatic carbocycles. The number of ether oxygens (including phenoxy) is 1. The summed E-state index contributed by atoms with van der Waals surface area (Å²) in [7, 11) is 1.49. The Bertz CT molecular complexity index is 1380. The van der Waals surface area contributed by atoms with Crippen LogP contribution < -0.4 is 25.8 Å². The monoisotopic (exact) mass is 431 g/mol. The van der Waals surface area contributed by atoms with Gasteiger partial charge in [-0.15, -0.1) is 0 Å². The van der Waals surface area contributed by atoms with Gasteiger partial charge in [-0.25, -0.2) is 19.3 Å². The number of rotatable bonds is 4. The number of H-pyrrole nitrogens is 1. The van der Waals surface area contributed by atoms with Crippen molar-refractivity contribution in [3.63, 3.8) is 0 Å². The van der Waals surface area contributed by atoms with E-state index in [9.17, 15) is 9.59 Å². The molecule has 0 amide bonds. The second-order valence-corrected chi connectivity index (χ2v) is 7.34. The Kier molecular flexibility index (Phi) is 5.02. The van der Waals surface area contributed by atoms with Crippen molar-refractivity contribution in [2.24, 2.45) is 0 Å². The van der Waals surface area contributed by atoms with Gasteiger partial charge in [0.15, 0.2) is 5.65 Å². The van der Waals surface area contributed by atoms with E-state index in [0.717, 1.165) is 23.5 Å². The maximum absolute atomic E-state index is 13.1. The molecule has 162 valence electrons. The van der Waals surface area contributed by atoms with Gasteiger partial charge in [0, 0.05) is 38.6 Å². The van der Waals surface area contributed by atoms with Crippen LogP contribution in [0.2, 0.25) is 0 Å². The third-order valence-electron chi connectivity index (χ3n) is 5.50. The van der Waals surface area contributed by atoms with Crippen LogP contribution in [0.25, 0.3) is 16.7 Å². The first-order chi connectivity index (χ1) is 15.7. The summed E-state index contributed by atoms with van der Waals surface area (Å²) in [4.78, 5) is 46.1. The number of piperazine rings is 1. The van der Waals surface area contributed by atoms with Crippen molar-refractivity contribution in [2.75, 3.05) is 43.1 Å². The molecule has 0 saturated carbocycles. The average molecular weight is 431 g/mol. The number of methoxy groups -OCH3 is 1. The van der Waals surface area contributed by atoms with E-state index in [2.05, 4.69) is 24.8 Å². The molecule has 5 rings (SSSR count). The maximum Gasteiger partial charge on any atom is 0.334 e. The summed E-state index contributed by atoms with van der Waals surface area (Å²) in [6, 6.07) is 12.7. The molecule has 1 aliphatic heterocycles. The Morgan fingerprint density at radius 1 is 0.938 bits per heavy atom. The summed E-state index contributed by atoms with van der Waals surface area (Å²) in [5.74, 6) is 1.83. The minimum atomic E-state index is -0.586. The minimum absolute atomic E-state index is 0.211. The van der Waals surface area contributed by atoms with Gasteiger partial charge in [0.25, 0.3) is 5.56 Å². The largest absolute Gasteiger partial charge is 0.495 e. The number of benzene rings is 1. The summed E-state index contributed by atoms with van der Waals surface area (Å²) in [6.45, 7) is 2.93. The fourth-order valence-corrected chi connectivity index (χ4v) is 3.86. The van der Waals surface area contributed by atoms with E-state index in [1.165, 1.54) is 13.3 Å². The number of fused-ring (bicyclic) bond motifs is 1. The maximum atomic E-state index is 13.1. The summed E-state index contributed by atoms with van der Waals surface area (Å²) < 4.78 is 6.34. The Morgan fingerprint density at radius 2 is 1.69 bits per heavy atom. The van der Waals surface area contributed by atoms with Crippen LogP contribution in [0.1, 0.15) is 0 Å². The highest BCUT2D eigenvalue weighted by Gasteiger charge is 2.21. The standard InChI is InChI=1S/C22H21N7O3/c1-32-17-7-3-2-6-16(17)29-20(30)15-14-24-21(25-19(15)26-22(29)31)28-12-10-27(11-13-28)18-8-4-5-9-23-18/h2-9,14H,10-13H2,1H3,(H,24,25,26,31). The third-order valence-corrected chi connectivity index (χ3v) is 5.50. The van der Waals surface area contributed by atoms with Crippen molar-refractivity contribution in [3.8, 4) is 11.4 Å². The molecule has 0 spiro atoms. The van der Waals surface area contributed by atoms with E-state index >= 15 is 0 Å². The predicted molar refractivity (Wildman–Crippen MR) is 121 cm³/mol. The van der Waals surface area contributed by atoms with Crippen molar-refractivity contribution in [3.05, 3.63) is 75.7 Å². The van der Waals surface area contributed by atoms with Crippen molar-refractivity contribution in [2.45, 2.75) is 0 Å². The van der Waals surface area contributed by atoms with Gasteiger partial charge in [0.05, 0.1) is 12.8 Å². The van der Waals surface area contributed by atoms with Crippen molar-refractivity contribution < 1.29 is 4.74 Å². The van der Waals surface area contributed by atoms with E-state index in [1.807, 2.05) is 23.1 Å². The van der Waals surface area contributed by atoms with Gasteiger partial charge in [-0.3, -0.25) is 9.78 Å². The summed E-state index contributed by atoms with van der Waals surface area (Å²) >= 11 is 0. The molecule has 4 aromatic rings. The number of nitrogens with zero attached hydrogens (tertiary/aromatic N) is 6. The second kappa shape index (κ2) is 8.14. The molecule has 32 heavy (non-hydrogen) atoms. The molecule has 1 N–H and O–H groups in total. The highest BCUT2D eigenvalue weighted by Crippen LogP contribution is 2.20. The van der Waals surface area contributed by atoms with Crippen LogP contribution in [-0.2, 0) is 0 Å². The van der Waals surface area contributed by atoms with Gasteiger partial charge in [0.2, 0.25) is 5.95 Å². The zero-order chi connectivity index (χ0) is 22.1. The molecule has 3 aromatic heterocycles. The van der Waals surface area contributed by atoms with Crippen molar-refractivity contribution in [1.82, 2.24) is 24.5 Å². The number of aromatic nitrogens is 5. The van der Waals surface area contributed by atoms with Gasteiger partial charge < -0.3 is 14.5 Å². The number of para-hydroxylation sites is 2. The lowest BCUT2D eigenvalue weighted by Crippen LogP contribution is -2.47. The normalized spacial score (nSPS) is 14.0. The molecular weight excluding hydrogens is 410 g/mol. The first-order valence-corrected chi connectivity index (χ1v) is 10.2. The fraction of sp³-hybridized carbons (Fsp3) is 0.227. The molecule has 1 fully saturated rings. The lowest BCUT2D eigenvalue weighted by Gasteiger charge is -2.35. The van der Waals surface area contributed by atoms with Gasteiger partial charge in [-0.05, 0) is 24.3 Å². The summed E-state index contributed by atoms with van der Waals surface area (Å²) in [6.07, 6.45) is 3.25. The Labute approximate surface area is 182 Å². The van der Waals surface area contributed by atoms with Crippen LogP contribution in [0.5, 0.6) is 5.75 Å². The molecule has 0 bridgehead atoms. The zero-order valence-electron chi connectivity index (χ0n) is 17.4. The lowest BCUT2D eigenvalue weighted by atomic mass is 10.3. The number of anilines is 2. The van der Waals surface area contributed by atoms with Crippen LogP contribution >= 0.6 is 0 Å². The molecule has 0 aliphatic carbocycles. The SMILES string of the molecule is COc1ccccc1-n1c(=O)[nH]c2nc(N3CCN(c4ccccn4)CC3)ncc2c1=O. The smallest absolute Gasteiger partial charge is 0.334 e. The van der Waals surface area contributed by atoms with Gasteiger partial charge in [-0.1, -0.05) is 18.2 Å². The van der Waals surface area contributed by atoms with E-state index < -0.39 is 11.2 Å². The number of nitrogens with one attached hydrogen (secondary N) is 1. The minimum Gasteiger partial charge on any atom is -0.495 e. The third kappa shape index (κ3) is 3.45. The van der Waals surface area contributed by atoms with Gasteiger partial charge >= 0.3 is 5.69 Å². The molecule has 10 nitrogen and oxygen atoms in total. The molecule has 0 unspecified atom stereocenters. The van der Waals surface area contributed by atoms with Gasteiger partial charge in [0.1, 0.15) is 17.0 Å². The summed E-state index contributed by atoms with van der Waals surface area (Å²) in [5, 5.41) is 0.228. The van der Waals surface area contributed by atoms with E-state index in [4.69, 9.17) is 4.74 Å². The number of pyridine rings is 1. The fourth-order valence-electron chi connectivity index (χ4n) is 3.86. The molecule has 10 heteroatoms. The zero-order valence-corrected chi connectivity index (χ0v) is 17.4. The van der Waals surface area contributed by atoms with Crippen LogP contribution in [0.3, 0.4) is 0 Å². The molecule has 1 saturated heterocycles. The second-order valence-electron chi connectivity index (χ2n) is 7.34. The topological polar surface area (TPSA) is 109 Å². The number of hydrogen-bond donors (Lipinski definition) is 1. The van der Waals surface area contributed by atoms with Crippen molar-refractivity contribution in [1.29, 1.82) is 0 Å². The summed E-state index contributed by atoms with van der Waals surface area (Å²) in [5.41, 5.74) is -0.516. The molecular formula is C22H21N7O3. The quantitative estimate of drug-likeness (QED) is 0.513. The molecule has 0 atom stereocenters. The first-order valence-electron chi connectivity index (χ1n) is 10.2. The van der Waals surface area contributed by atoms with Crippen LogP contribution in [0, 0.1) is 0 Å². The highest BCUT2D eigenvalue weighted by atomic mass is 16.5. The lowest BCUT2D eigenvalue weighted by molar-refractivity contribution is 0.412. The Morgan fingerprint density at radius 3 is 2.44 bits per heavy atom. The molecule has 4 heterocycles. The molecule has 0 radical (unpaired) electrons. The predicted octanol–water partition coefficient (Wildman–Crippen LogP) is 1.20. The van der Waals surface area contributed by atoms with Crippen LogP contribution in [-0.4, -0.2) is 57.8 Å². The number of hydrogen-bond acceptors (Lipinski definition) is 8.